The lowest BCUT2D eigenvalue weighted by Crippen LogP contribution is -2.25. The van der Waals surface area contributed by atoms with E-state index in [0.29, 0.717) is 10.2 Å². The molecule has 2 aromatic rings. The predicted molar refractivity (Wildman–Crippen MR) is 110 cm³/mol. The molecule has 1 N–H and O–H groups in total. The van der Waals surface area contributed by atoms with Crippen molar-refractivity contribution in [3.05, 3.63) is 67.7 Å². The zero-order valence-electron chi connectivity index (χ0n) is 15.4. The maximum Gasteiger partial charge on any atom is 0.277 e. The first-order valence-electron chi connectivity index (χ1n) is 8.96. The number of nitrogens with one attached hydrogen (secondary N) is 1. The Morgan fingerprint density at radius 3 is 2.68 bits per heavy atom. The van der Waals surface area contributed by atoms with E-state index >= 15 is 0 Å². The molecule has 3 rings (SSSR count). The highest BCUT2D eigenvalue weighted by molar-refractivity contribution is 9.10. The van der Waals surface area contributed by atoms with Crippen molar-refractivity contribution < 1.29 is 14.5 Å². The van der Waals surface area contributed by atoms with Gasteiger partial charge in [-0.05, 0) is 77.4 Å². The maximum absolute atomic E-state index is 12.0. The number of benzene rings is 2. The molecule has 0 atom stereocenters. The number of carbonyl (C=O) groups is 1. The van der Waals surface area contributed by atoms with Crippen LogP contribution in [0.15, 0.2) is 46.0 Å². The first-order chi connectivity index (χ1) is 13.4. The Balaban J connectivity index is 1.57. The molecule has 0 aromatic heterocycles. The van der Waals surface area contributed by atoms with E-state index in [2.05, 4.69) is 38.6 Å². The number of non-ortho nitro benzene ring substituents is 1. The van der Waals surface area contributed by atoms with Crippen molar-refractivity contribution in [2.45, 2.75) is 32.6 Å². The van der Waals surface area contributed by atoms with E-state index in [0.717, 1.165) is 24.1 Å². The number of rotatable bonds is 6. The van der Waals surface area contributed by atoms with Crippen molar-refractivity contribution in [2.24, 2.45) is 5.10 Å². The van der Waals surface area contributed by atoms with Crippen LogP contribution < -0.4 is 10.2 Å². The van der Waals surface area contributed by atoms with Crippen molar-refractivity contribution in [1.82, 2.24) is 5.43 Å². The average molecular weight is 446 g/mol. The molecular weight excluding hydrogens is 426 g/mol. The Morgan fingerprint density at radius 2 is 1.96 bits per heavy atom. The van der Waals surface area contributed by atoms with E-state index in [1.54, 1.807) is 0 Å². The SMILES string of the molecule is C/C(=N\NC(=O)COc1ccc([N+](=O)[O-])cc1Br)c1ccc2c(c1)CCCC2. The average Bonchev–Trinajstić information content (AvgIpc) is 2.70. The van der Waals surface area contributed by atoms with Crippen LogP contribution in [0.5, 0.6) is 5.75 Å². The second-order valence-corrected chi connectivity index (χ2v) is 7.44. The molecule has 1 aliphatic rings. The second-order valence-electron chi connectivity index (χ2n) is 6.58. The van der Waals surface area contributed by atoms with Gasteiger partial charge in [0.2, 0.25) is 0 Å². The van der Waals surface area contributed by atoms with Gasteiger partial charge in [0.1, 0.15) is 5.75 Å². The van der Waals surface area contributed by atoms with Gasteiger partial charge >= 0.3 is 0 Å². The first kappa shape index (κ1) is 20.0. The number of carbonyl (C=O) groups excluding carboxylic acids is 1. The van der Waals surface area contributed by atoms with Gasteiger partial charge in [0.15, 0.2) is 6.61 Å². The molecule has 28 heavy (non-hydrogen) atoms. The fourth-order valence-electron chi connectivity index (χ4n) is 3.07. The second kappa shape index (κ2) is 8.97. The summed E-state index contributed by atoms with van der Waals surface area (Å²) in [6.07, 6.45) is 4.65. The Kier molecular flexibility index (Phi) is 6.41. The number of ether oxygens (including phenoxy) is 1. The summed E-state index contributed by atoms with van der Waals surface area (Å²) < 4.78 is 5.80. The van der Waals surface area contributed by atoms with Crippen molar-refractivity contribution >= 4 is 33.2 Å². The number of aryl methyl sites for hydroxylation is 2. The molecule has 0 saturated heterocycles. The molecule has 0 radical (unpaired) electrons. The Hall–Kier alpha value is -2.74. The lowest BCUT2D eigenvalue weighted by atomic mass is 9.90. The molecule has 0 heterocycles. The summed E-state index contributed by atoms with van der Waals surface area (Å²) in [4.78, 5) is 22.2. The van der Waals surface area contributed by atoms with Crippen molar-refractivity contribution in [3.8, 4) is 5.75 Å². The fraction of sp³-hybridized carbons (Fsp3) is 0.300. The van der Waals surface area contributed by atoms with Gasteiger partial charge in [0, 0.05) is 12.1 Å². The third kappa shape index (κ3) is 4.95. The minimum atomic E-state index is -0.501. The number of nitrogens with zero attached hydrogens (tertiary/aromatic N) is 2. The van der Waals surface area contributed by atoms with Crippen molar-refractivity contribution in [1.29, 1.82) is 0 Å². The zero-order chi connectivity index (χ0) is 20.1. The molecule has 0 aliphatic heterocycles. The van der Waals surface area contributed by atoms with Gasteiger partial charge in [0.05, 0.1) is 15.1 Å². The highest BCUT2D eigenvalue weighted by Gasteiger charge is 2.12. The van der Waals surface area contributed by atoms with Gasteiger partial charge in [-0.25, -0.2) is 5.43 Å². The summed E-state index contributed by atoms with van der Waals surface area (Å²) in [7, 11) is 0. The summed E-state index contributed by atoms with van der Waals surface area (Å²) in [5.74, 6) is -0.0706. The predicted octanol–water partition coefficient (Wildman–Crippen LogP) is 4.16. The van der Waals surface area contributed by atoms with Crippen LogP contribution in [0.3, 0.4) is 0 Å². The molecule has 0 bridgehead atoms. The number of hydrogen-bond donors (Lipinski definition) is 1. The summed E-state index contributed by atoms with van der Waals surface area (Å²) in [5.41, 5.74) is 6.88. The molecule has 146 valence electrons. The minimum absolute atomic E-state index is 0.0612. The Morgan fingerprint density at radius 1 is 1.21 bits per heavy atom. The molecule has 0 saturated carbocycles. The molecule has 1 amide bonds. The molecule has 0 unspecified atom stereocenters. The molecule has 0 spiro atoms. The number of halogens is 1. The third-order valence-electron chi connectivity index (χ3n) is 4.60. The summed E-state index contributed by atoms with van der Waals surface area (Å²) >= 11 is 3.20. The van der Waals surface area contributed by atoms with Gasteiger partial charge in [-0.15, -0.1) is 0 Å². The van der Waals surface area contributed by atoms with Gasteiger partial charge in [0.25, 0.3) is 11.6 Å². The van der Waals surface area contributed by atoms with E-state index < -0.39 is 10.8 Å². The fourth-order valence-corrected chi connectivity index (χ4v) is 3.55. The van der Waals surface area contributed by atoms with Gasteiger partial charge in [-0.3, -0.25) is 14.9 Å². The molecule has 7 nitrogen and oxygen atoms in total. The highest BCUT2D eigenvalue weighted by Crippen LogP contribution is 2.29. The number of nitro benzene ring substituents is 1. The lowest BCUT2D eigenvalue weighted by molar-refractivity contribution is -0.384. The monoisotopic (exact) mass is 445 g/mol. The lowest BCUT2D eigenvalue weighted by Gasteiger charge is -2.16. The normalized spacial score (nSPS) is 13.6. The molecular formula is C20H20BrN3O4. The molecule has 2 aromatic carbocycles. The van der Waals surface area contributed by atoms with E-state index in [1.165, 1.54) is 42.2 Å². The van der Waals surface area contributed by atoms with Crippen LogP contribution in [0.4, 0.5) is 5.69 Å². The Bertz CT molecular complexity index is 943. The molecule has 0 fully saturated rings. The quantitative estimate of drug-likeness (QED) is 0.410. The number of hydrogen-bond acceptors (Lipinski definition) is 5. The summed E-state index contributed by atoms with van der Waals surface area (Å²) in [6, 6.07) is 10.4. The van der Waals surface area contributed by atoms with Gasteiger partial charge < -0.3 is 4.74 Å². The first-order valence-corrected chi connectivity index (χ1v) is 9.75. The van der Waals surface area contributed by atoms with Crippen molar-refractivity contribution in [3.63, 3.8) is 0 Å². The standard InChI is InChI=1S/C20H20BrN3O4/c1-13(15-7-6-14-4-2-3-5-16(14)10-15)22-23-20(25)12-28-19-9-8-17(24(26)27)11-18(19)21/h6-11H,2-5,12H2,1H3,(H,23,25)/b22-13+. The number of amides is 1. The van der Waals surface area contributed by atoms with Crippen LogP contribution in [0.25, 0.3) is 0 Å². The smallest absolute Gasteiger partial charge is 0.277 e. The van der Waals surface area contributed by atoms with Crippen LogP contribution in [-0.4, -0.2) is 23.1 Å². The van der Waals surface area contributed by atoms with E-state index in [-0.39, 0.29) is 12.3 Å². The number of hydrazone groups is 1. The van der Waals surface area contributed by atoms with Crippen LogP contribution in [0.1, 0.15) is 36.5 Å². The third-order valence-corrected chi connectivity index (χ3v) is 5.22. The molecule has 8 heteroatoms. The topological polar surface area (TPSA) is 93.8 Å². The van der Waals surface area contributed by atoms with E-state index in [1.807, 2.05) is 13.0 Å². The van der Waals surface area contributed by atoms with Crippen LogP contribution in [0.2, 0.25) is 0 Å². The number of fused-ring (bicyclic) bond motifs is 1. The molecule has 1 aliphatic carbocycles. The summed E-state index contributed by atoms with van der Waals surface area (Å²) in [5, 5.41) is 14.9. The largest absolute Gasteiger partial charge is 0.483 e. The highest BCUT2D eigenvalue weighted by atomic mass is 79.9. The van der Waals surface area contributed by atoms with E-state index in [4.69, 9.17) is 4.74 Å². The summed E-state index contributed by atoms with van der Waals surface area (Å²) in [6.45, 7) is 1.59. The van der Waals surface area contributed by atoms with Crippen LogP contribution in [-0.2, 0) is 17.6 Å². The van der Waals surface area contributed by atoms with Crippen LogP contribution >= 0.6 is 15.9 Å². The van der Waals surface area contributed by atoms with Crippen molar-refractivity contribution in [2.75, 3.05) is 6.61 Å². The zero-order valence-corrected chi connectivity index (χ0v) is 17.0. The van der Waals surface area contributed by atoms with Gasteiger partial charge in [-0.1, -0.05) is 12.1 Å². The minimum Gasteiger partial charge on any atom is -0.483 e. The maximum atomic E-state index is 12.0. The van der Waals surface area contributed by atoms with E-state index in [9.17, 15) is 14.9 Å². The number of nitro groups is 1. The van der Waals surface area contributed by atoms with Crippen LogP contribution in [0, 0.1) is 10.1 Å². The Labute approximate surface area is 171 Å². The van der Waals surface area contributed by atoms with Gasteiger partial charge in [-0.2, -0.15) is 5.10 Å².